The van der Waals surface area contributed by atoms with Crippen LogP contribution in [0.1, 0.15) is 49.9 Å². The normalized spacial score (nSPS) is 10.8. The monoisotopic (exact) mass is 364 g/mol. The van der Waals surface area contributed by atoms with Gasteiger partial charge in [-0.2, -0.15) is 0 Å². The van der Waals surface area contributed by atoms with Crippen molar-refractivity contribution in [2.75, 3.05) is 0 Å². The van der Waals surface area contributed by atoms with Gasteiger partial charge in [-0.15, -0.1) is 0 Å². The Bertz CT molecular complexity index is 877. The van der Waals surface area contributed by atoms with Gasteiger partial charge in [0.25, 0.3) is 0 Å². The van der Waals surface area contributed by atoms with E-state index in [1.165, 1.54) is 5.57 Å². The maximum Gasteiger partial charge on any atom is 0.126 e. The van der Waals surface area contributed by atoms with Crippen molar-refractivity contribution in [2.24, 2.45) is 0 Å². The van der Waals surface area contributed by atoms with Crippen molar-refractivity contribution in [3.05, 3.63) is 75.9 Å². The van der Waals surface area contributed by atoms with Gasteiger partial charge in [0.05, 0.1) is 0 Å². The van der Waals surface area contributed by atoms with E-state index in [1.807, 2.05) is 58.1 Å². The van der Waals surface area contributed by atoms with Crippen molar-refractivity contribution < 1.29 is 15.3 Å². The van der Waals surface area contributed by atoms with Crippen LogP contribution in [0.3, 0.4) is 0 Å². The molecule has 0 spiro atoms. The molecule has 3 nitrogen and oxygen atoms in total. The highest BCUT2D eigenvalue weighted by Crippen LogP contribution is 2.36. The smallest absolute Gasteiger partial charge is 0.126 e. The molecule has 0 saturated carbocycles. The molecule has 2 aromatic carbocycles. The number of aromatic hydroxyl groups is 3. The molecule has 0 aliphatic rings. The van der Waals surface area contributed by atoms with Gasteiger partial charge < -0.3 is 15.3 Å². The number of rotatable bonds is 6. The minimum absolute atomic E-state index is 0.0938. The number of phenols is 3. The predicted octanol–water partition coefficient (Wildman–Crippen LogP) is 5.99. The molecule has 2 aromatic rings. The van der Waals surface area contributed by atoms with Gasteiger partial charge in [0.2, 0.25) is 0 Å². The van der Waals surface area contributed by atoms with Crippen LogP contribution in [0.2, 0.25) is 0 Å². The third-order valence-corrected chi connectivity index (χ3v) is 4.30. The fourth-order valence-corrected chi connectivity index (χ4v) is 2.71. The molecule has 0 fully saturated rings. The number of phenolic OH excluding ortho intramolecular Hbond substituents is 3. The lowest BCUT2D eigenvalue weighted by molar-refractivity contribution is 0.437. The quantitative estimate of drug-likeness (QED) is 0.436. The summed E-state index contributed by atoms with van der Waals surface area (Å²) in [5.41, 5.74) is 5.35. The Kier molecular flexibility index (Phi) is 6.89. The largest absolute Gasteiger partial charge is 0.508 e. The SMILES string of the molecule is CC(C)=CCc1c(O)cc(/C=C/c2ccc(O)cc2)c(CC=C(C)C)c1O. The van der Waals surface area contributed by atoms with Gasteiger partial charge in [0, 0.05) is 11.1 Å². The molecule has 0 radical (unpaired) electrons. The second-order valence-corrected chi connectivity index (χ2v) is 7.19. The molecule has 142 valence electrons. The summed E-state index contributed by atoms with van der Waals surface area (Å²) in [4.78, 5) is 0. The first-order valence-corrected chi connectivity index (χ1v) is 9.08. The van der Waals surface area contributed by atoms with Crippen LogP contribution < -0.4 is 0 Å². The van der Waals surface area contributed by atoms with Crippen LogP contribution in [-0.2, 0) is 12.8 Å². The Labute approximate surface area is 161 Å². The van der Waals surface area contributed by atoms with Crippen LogP contribution in [0.15, 0.2) is 53.6 Å². The molecule has 3 heteroatoms. The van der Waals surface area contributed by atoms with E-state index in [9.17, 15) is 15.3 Å². The van der Waals surface area contributed by atoms with Gasteiger partial charge in [-0.3, -0.25) is 0 Å². The predicted molar refractivity (Wildman–Crippen MR) is 113 cm³/mol. The second-order valence-electron chi connectivity index (χ2n) is 7.19. The first kappa shape index (κ1) is 20.4. The minimum atomic E-state index is 0.0938. The molecule has 0 saturated heterocycles. The van der Waals surface area contributed by atoms with E-state index in [4.69, 9.17) is 0 Å². The van der Waals surface area contributed by atoms with Crippen molar-refractivity contribution in [1.82, 2.24) is 0 Å². The third-order valence-electron chi connectivity index (χ3n) is 4.30. The van der Waals surface area contributed by atoms with Gasteiger partial charge in [0.15, 0.2) is 0 Å². The Balaban J connectivity index is 2.49. The topological polar surface area (TPSA) is 60.7 Å². The van der Waals surface area contributed by atoms with Crippen molar-refractivity contribution in [3.63, 3.8) is 0 Å². The molecule has 0 heterocycles. The lowest BCUT2D eigenvalue weighted by Crippen LogP contribution is -1.95. The Hall–Kier alpha value is -2.94. The first-order valence-electron chi connectivity index (χ1n) is 9.08. The molecular weight excluding hydrogens is 336 g/mol. The molecule has 0 aliphatic carbocycles. The highest BCUT2D eigenvalue weighted by molar-refractivity contribution is 5.74. The summed E-state index contributed by atoms with van der Waals surface area (Å²) in [7, 11) is 0. The fourth-order valence-electron chi connectivity index (χ4n) is 2.71. The average Bonchev–Trinajstić information content (AvgIpc) is 2.59. The number of allylic oxidation sites excluding steroid dienone is 4. The number of hydrogen-bond acceptors (Lipinski definition) is 3. The zero-order valence-electron chi connectivity index (χ0n) is 16.5. The third kappa shape index (κ3) is 5.78. The summed E-state index contributed by atoms with van der Waals surface area (Å²) in [6.07, 6.45) is 8.91. The molecule has 0 atom stereocenters. The van der Waals surface area contributed by atoms with Gasteiger partial charge >= 0.3 is 0 Å². The zero-order chi connectivity index (χ0) is 20.0. The fraction of sp³-hybridized carbons (Fsp3) is 0.250. The molecule has 3 N–H and O–H groups in total. The Morgan fingerprint density at radius 1 is 0.778 bits per heavy atom. The summed E-state index contributed by atoms with van der Waals surface area (Å²) in [6, 6.07) is 8.58. The van der Waals surface area contributed by atoms with Gasteiger partial charge in [-0.05, 0) is 69.9 Å². The van der Waals surface area contributed by atoms with E-state index in [-0.39, 0.29) is 17.2 Å². The van der Waals surface area contributed by atoms with Gasteiger partial charge in [-0.25, -0.2) is 0 Å². The standard InChI is InChI=1S/C24H28O3/c1-16(2)5-13-21-19(10-7-18-8-11-20(25)12-9-18)15-23(26)22(24(21)27)14-6-17(3)4/h5-12,15,25-27H,13-14H2,1-4H3/b10-7+. The van der Waals surface area contributed by atoms with E-state index in [1.54, 1.807) is 18.2 Å². The molecule has 0 bridgehead atoms. The molecule has 27 heavy (non-hydrogen) atoms. The number of hydrogen-bond donors (Lipinski definition) is 3. The molecule has 0 aliphatic heterocycles. The van der Waals surface area contributed by atoms with E-state index in [0.717, 1.165) is 22.3 Å². The van der Waals surface area contributed by atoms with Gasteiger partial charge in [-0.1, -0.05) is 47.6 Å². The average molecular weight is 364 g/mol. The van der Waals surface area contributed by atoms with Crippen LogP contribution in [0.25, 0.3) is 12.2 Å². The minimum Gasteiger partial charge on any atom is -0.508 e. The summed E-state index contributed by atoms with van der Waals surface area (Å²) >= 11 is 0. The highest BCUT2D eigenvalue weighted by Gasteiger charge is 2.15. The Morgan fingerprint density at radius 2 is 1.33 bits per heavy atom. The molecule has 0 unspecified atom stereocenters. The van der Waals surface area contributed by atoms with Gasteiger partial charge in [0.1, 0.15) is 17.2 Å². The molecule has 0 aromatic heterocycles. The highest BCUT2D eigenvalue weighted by atomic mass is 16.3. The van der Waals surface area contributed by atoms with Crippen LogP contribution in [0, 0.1) is 0 Å². The van der Waals surface area contributed by atoms with Crippen LogP contribution >= 0.6 is 0 Å². The summed E-state index contributed by atoms with van der Waals surface area (Å²) in [5.74, 6) is 0.460. The summed E-state index contributed by atoms with van der Waals surface area (Å²) < 4.78 is 0. The summed E-state index contributed by atoms with van der Waals surface area (Å²) in [5, 5.41) is 30.7. The summed E-state index contributed by atoms with van der Waals surface area (Å²) in [6.45, 7) is 8.03. The second kappa shape index (κ2) is 9.13. The van der Waals surface area contributed by atoms with Crippen molar-refractivity contribution in [1.29, 1.82) is 0 Å². The molecule has 2 rings (SSSR count). The van der Waals surface area contributed by atoms with Crippen LogP contribution in [-0.4, -0.2) is 15.3 Å². The lowest BCUT2D eigenvalue weighted by atomic mass is 9.95. The lowest BCUT2D eigenvalue weighted by Gasteiger charge is -2.14. The van der Waals surface area contributed by atoms with Crippen LogP contribution in [0.4, 0.5) is 0 Å². The van der Waals surface area contributed by atoms with E-state index in [2.05, 4.69) is 6.08 Å². The van der Waals surface area contributed by atoms with E-state index in [0.29, 0.717) is 18.4 Å². The maximum atomic E-state index is 10.8. The zero-order valence-corrected chi connectivity index (χ0v) is 16.5. The van der Waals surface area contributed by atoms with Crippen molar-refractivity contribution >= 4 is 12.2 Å². The maximum absolute atomic E-state index is 10.8. The van der Waals surface area contributed by atoms with Crippen molar-refractivity contribution in [2.45, 2.75) is 40.5 Å². The van der Waals surface area contributed by atoms with E-state index >= 15 is 0 Å². The molecular formula is C24H28O3. The number of benzene rings is 2. The van der Waals surface area contributed by atoms with E-state index < -0.39 is 0 Å². The van der Waals surface area contributed by atoms with Crippen LogP contribution in [0.5, 0.6) is 17.2 Å². The Morgan fingerprint density at radius 3 is 1.89 bits per heavy atom. The first-order chi connectivity index (χ1) is 12.8. The van der Waals surface area contributed by atoms with Crippen molar-refractivity contribution in [3.8, 4) is 17.2 Å². The molecule has 0 amide bonds.